The third kappa shape index (κ3) is 4.18. The minimum atomic E-state index is -3.86. The summed E-state index contributed by atoms with van der Waals surface area (Å²) >= 11 is 6.22. The molecule has 10 heteroatoms. The second-order valence-corrected chi connectivity index (χ2v) is 10.1. The van der Waals surface area contributed by atoms with E-state index in [4.69, 9.17) is 21.1 Å². The van der Waals surface area contributed by atoms with Gasteiger partial charge in [0, 0.05) is 26.6 Å². The monoisotopic (exact) mass is 476 g/mol. The second kappa shape index (κ2) is 8.14. The number of esters is 2. The van der Waals surface area contributed by atoms with E-state index in [9.17, 15) is 18.0 Å². The minimum Gasteiger partial charge on any atom is -0.419 e. The van der Waals surface area contributed by atoms with Gasteiger partial charge in [0.1, 0.15) is 0 Å². The molecule has 2 heterocycles. The zero-order valence-electron chi connectivity index (χ0n) is 17.4. The number of para-hydroxylation sites is 1. The normalized spacial score (nSPS) is 17.8. The SMILES string of the molecule is CC1(C)OC(=O)C(=CNc2cc(S(=O)(=O)N3CCCc4ccccc43)ccc2Cl)C(=O)O1. The molecule has 2 aliphatic heterocycles. The molecule has 0 aliphatic carbocycles. The summed E-state index contributed by atoms with van der Waals surface area (Å²) in [6.07, 6.45) is 2.61. The number of aryl methyl sites for hydroxylation is 1. The Bertz CT molecular complexity index is 1220. The number of rotatable bonds is 4. The van der Waals surface area contributed by atoms with Crippen molar-refractivity contribution in [1.29, 1.82) is 0 Å². The van der Waals surface area contributed by atoms with Crippen molar-refractivity contribution < 1.29 is 27.5 Å². The van der Waals surface area contributed by atoms with Crippen LogP contribution in [0.1, 0.15) is 25.8 Å². The molecule has 1 saturated heterocycles. The quantitative estimate of drug-likeness (QED) is 0.408. The van der Waals surface area contributed by atoms with E-state index in [2.05, 4.69) is 5.32 Å². The summed E-state index contributed by atoms with van der Waals surface area (Å²) in [6, 6.07) is 11.6. The highest BCUT2D eigenvalue weighted by Crippen LogP contribution is 2.34. The van der Waals surface area contributed by atoms with Crippen molar-refractivity contribution in [2.45, 2.75) is 37.4 Å². The minimum absolute atomic E-state index is 0.0226. The molecule has 2 aliphatic rings. The van der Waals surface area contributed by atoms with Crippen molar-refractivity contribution in [3.05, 3.63) is 64.8 Å². The lowest BCUT2D eigenvalue weighted by Gasteiger charge is -2.30. The predicted molar refractivity (Wildman–Crippen MR) is 119 cm³/mol. The Labute approximate surface area is 190 Å². The van der Waals surface area contributed by atoms with Crippen LogP contribution in [0, 0.1) is 0 Å². The van der Waals surface area contributed by atoms with Crippen LogP contribution in [-0.2, 0) is 35.5 Å². The first-order valence-electron chi connectivity index (χ1n) is 9.92. The molecule has 0 spiro atoms. The van der Waals surface area contributed by atoms with Gasteiger partial charge < -0.3 is 14.8 Å². The van der Waals surface area contributed by atoms with Crippen LogP contribution in [0.5, 0.6) is 0 Å². The maximum absolute atomic E-state index is 13.4. The van der Waals surface area contributed by atoms with Gasteiger partial charge in [0.2, 0.25) is 0 Å². The molecule has 32 heavy (non-hydrogen) atoms. The summed E-state index contributed by atoms with van der Waals surface area (Å²) in [5, 5.41) is 2.93. The molecule has 0 atom stereocenters. The molecule has 1 N–H and O–H groups in total. The molecule has 0 radical (unpaired) electrons. The van der Waals surface area contributed by atoms with Crippen LogP contribution in [0.2, 0.25) is 5.02 Å². The van der Waals surface area contributed by atoms with Gasteiger partial charge in [-0.2, -0.15) is 0 Å². The average Bonchev–Trinajstić information content (AvgIpc) is 2.73. The van der Waals surface area contributed by atoms with Crippen LogP contribution in [0.25, 0.3) is 0 Å². The van der Waals surface area contributed by atoms with Gasteiger partial charge in [-0.15, -0.1) is 0 Å². The van der Waals surface area contributed by atoms with E-state index >= 15 is 0 Å². The summed E-state index contributed by atoms with van der Waals surface area (Å²) in [5.41, 5.74) is 1.46. The number of ether oxygens (including phenoxy) is 2. The number of sulfonamides is 1. The van der Waals surface area contributed by atoms with Crippen molar-refractivity contribution in [2.24, 2.45) is 0 Å². The zero-order valence-corrected chi connectivity index (χ0v) is 19.0. The fourth-order valence-corrected chi connectivity index (χ4v) is 5.32. The lowest BCUT2D eigenvalue weighted by atomic mass is 10.0. The van der Waals surface area contributed by atoms with E-state index in [1.165, 1.54) is 36.4 Å². The van der Waals surface area contributed by atoms with Crippen LogP contribution in [-0.4, -0.2) is 32.7 Å². The van der Waals surface area contributed by atoms with Crippen molar-refractivity contribution in [3.8, 4) is 0 Å². The molecule has 0 bridgehead atoms. The first-order chi connectivity index (χ1) is 15.1. The van der Waals surface area contributed by atoms with Crippen LogP contribution < -0.4 is 9.62 Å². The highest BCUT2D eigenvalue weighted by Gasteiger charge is 2.39. The Balaban J connectivity index is 1.64. The Hall–Kier alpha value is -3.04. The van der Waals surface area contributed by atoms with Crippen LogP contribution >= 0.6 is 11.6 Å². The fraction of sp³-hybridized carbons (Fsp3) is 0.273. The highest BCUT2D eigenvalue weighted by atomic mass is 35.5. The van der Waals surface area contributed by atoms with Crippen molar-refractivity contribution in [3.63, 3.8) is 0 Å². The molecule has 1 fully saturated rings. The lowest BCUT2D eigenvalue weighted by molar-refractivity contribution is -0.222. The smallest absolute Gasteiger partial charge is 0.350 e. The third-order valence-electron chi connectivity index (χ3n) is 5.08. The van der Waals surface area contributed by atoms with Gasteiger partial charge in [-0.3, -0.25) is 4.31 Å². The Morgan fingerprint density at radius 2 is 1.78 bits per heavy atom. The summed E-state index contributed by atoms with van der Waals surface area (Å²) in [6.45, 7) is 3.25. The maximum Gasteiger partial charge on any atom is 0.350 e. The Morgan fingerprint density at radius 3 is 2.50 bits per heavy atom. The van der Waals surface area contributed by atoms with E-state index < -0.39 is 27.7 Å². The zero-order chi connectivity index (χ0) is 23.1. The molecule has 0 saturated carbocycles. The predicted octanol–water partition coefficient (Wildman–Crippen LogP) is 3.61. The Morgan fingerprint density at radius 1 is 1.09 bits per heavy atom. The maximum atomic E-state index is 13.4. The van der Waals surface area contributed by atoms with Gasteiger partial charge in [-0.25, -0.2) is 18.0 Å². The molecule has 0 aromatic heterocycles. The number of benzene rings is 2. The largest absolute Gasteiger partial charge is 0.419 e. The van der Waals surface area contributed by atoms with Crippen LogP contribution in [0.4, 0.5) is 11.4 Å². The van der Waals surface area contributed by atoms with Crippen molar-refractivity contribution >= 4 is 44.9 Å². The number of hydrogen-bond acceptors (Lipinski definition) is 7. The molecule has 4 rings (SSSR count). The highest BCUT2D eigenvalue weighted by molar-refractivity contribution is 7.92. The van der Waals surface area contributed by atoms with Gasteiger partial charge >= 0.3 is 11.9 Å². The van der Waals surface area contributed by atoms with Gasteiger partial charge in [-0.1, -0.05) is 29.8 Å². The third-order valence-corrected chi connectivity index (χ3v) is 7.22. The second-order valence-electron chi connectivity index (χ2n) is 7.83. The number of nitrogens with one attached hydrogen (secondary N) is 1. The number of cyclic esters (lactones) is 2. The number of anilines is 2. The number of halogens is 1. The molecule has 2 aromatic carbocycles. The number of hydrogen-bond donors (Lipinski definition) is 1. The van der Waals surface area contributed by atoms with Crippen LogP contribution in [0.3, 0.4) is 0 Å². The summed E-state index contributed by atoms with van der Waals surface area (Å²) in [7, 11) is -3.86. The molecule has 8 nitrogen and oxygen atoms in total. The molecule has 0 unspecified atom stereocenters. The standard InChI is InChI=1S/C22H21ClN2O6S/c1-22(2)30-20(26)16(21(27)31-22)13-24-18-12-15(9-10-17(18)23)32(28,29)25-11-5-7-14-6-3-4-8-19(14)25/h3-4,6,8-10,12-13,24H,5,7,11H2,1-2H3. The van der Waals surface area contributed by atoms with E-state index in [0.29, 0.717) is 18.7 Å². The van der Waals surface area contributed by atoms with Gasteiger partial charge in [-0.05, 0) is 42.7 Å². The summed E-state index contributed by atoms with van der Waals surface area (Å²) < 4.78 is 38.2. The number of carbonyl (C=O) groups is 2. The lowest BCUT2D eigenvalue weighted by Crippen LogP contribution is -2.42. The fourth-order valence-electron chi connectivity index (χ4n) is 3.58. The van der Waals surface area contributed by atoms with Crippen LogP contribution in [0.15, 0.2) is 59.1 Å². The van der Waals surface area contributed by atoms with Gasteiger partial charge in [0.15, 0.2) is 5.57 Å². The molecule has 168 valence electrons. The first-order valence-corrected chi connectivity index (χ1v) is 11.7. The molecule has 2 aromatic rings. The van der Waals surface area contributed by atoms with Crippen molar-refractivity contribution in [2.75, 3.05) is 16.2 Å². The van der Waals surface area contributed by atoms with E-state index in [1.54, 1.807) is 12.1 Å². The number of carbonyl (C=O) groups excluding carboxylic acids is 2. The number of nitrogens with zero attached hydrogens (tertiary/aromatic N) is 1. The van der Waals surface area contributed by atoms with Gasteiger partial charge in [0.25, 0.3) is 15.8 Å². The van der Waals surface area contributed by atoms with E-state index in [-0.39, 0.29) is 21.2 Å². The Kier molecular flexibility index (Phi) is 5.64. The van der Waals surface area contributed by atoms with Crippen molar-refractivity contribution in [1.82, 2.24) is 0 Å². The van der Waals surface area contributed by atoms with E-state index in [0.717, 1.165) is 18.2 Å². The summed E-state index contributed by atoms with van der Waals surface area (Å²) in [5.74, 6) is -3.07. The first kappa shape index (κ1) is 22.2. The van der Waals surface area contributed by atoms with E-state index in [1.807, 2.05) is 12.1 Å². The summed E-state index contributed by atoms with van der Waals surface area (Å²) in [4.78, 5) is 24.2. The molecular formula is C22H21ClN2O6S. The van der Waals surface area contributed by atoms with Gasteiger partial charge in [0.05, 0.1) is 21.3 Å². The number of fused-ring (bicyclic) bond motifs is 1. The average molecular weight is 477 g/mol. The topological polar surface area (TPSA) is 102 Å². The molecule has 0 amide bonds. The molecular weight excluding hydrogens is 456 g/mol.